The minimum Gasteiger partial charge on any atom is -0.472 e. The molecule has 0 bridgehead atoms. The summed E-state index contributed by atoms with van der Waals surface area (Å²) in [5.41, 5.74) is 2.19. The van der Waals surface area contributed by atoms with Crippen molar-refractivity contribution in [2.75, 3.05) is 0 Å². The molecule has 0 unspecified atom stereocenters. The fourth-order valence-electron chi connectivity index (χ4n) is 1.85. The molecule has 19 heavy (non-hydrogen) atoms. The van der Waals surface area contributed by atoms with Crippen LogP contribution in [0.25, 0.3) is 16.9 Å². The lowest BCUT2D eigenvalue weighted by Gasteiger charge is -2.00. The summed E-state index contributed by atoms with van der Waals surface area (Å²) in [5.74, 6) is -0.356. The third-order valence-corrected chi connectivity index (χ3v) is 2.74. The van der Waals surface area contributed by atoms with Crippen molar-refractivity contribution in [2.45, 2.75) is 0 Å². The maximum atomic E-state index is 13.2. The Morgan fingerprint density at radius 2 is 2.21 bits per heavy atom. The van der Waals surface area contributed by atoms with E-state index in [0.717, 1.165) is 0 Å². The second-order valence-corrected chi connectivity index (χ2v) is 3.99. The second-order valence-electron chi connectivity index (χ2n) is 3.99. The molecule has 0 fully saturated rings. The van der Waals surface area contributed by atoms with Crippen LogP contribution in [0.3, 0.4) is 0 Å². The summed E-state index contributed by atoms with van der Waals surface area (Å²) in [6.07, 6.45) is 5.28. The van der Waals surface area contributed by atoms with E-state index in [4.69, 9.17) is 4.42 Å². The highest BCUT2D eigenvalue weighted by molar-refractivity contribution is 5.85. The molecule has 0 aliphatic carbocycles. The molecule has 2 aromatic heterocycles. The Balaban J connectivity index is 2.12. The number of benzene rings is 1. The highest BCUT2D eigenvalue weighted by Gasteiger charge is 2.12. The van der Waals surface area contributed by atoms with Crippen molar-refractivity contribution in [3.8, 4) is 16.9 Å². The van der Waals surface area contributed by atoms with Gasteiger partial charge in [-0.1, -0.05) is 6.07 Å². The Kier molecular flexibility index (Phi) is 2.72. The summed E-state index contributed by atoms with van der Waals surface area (Å²) in [6.45, 7) is 0. The first-order valence-electron chi connectivity index (χ1n) is 5.61. The molecule has 0 N–H and O–H groups in total. The summed E-state index contributed by atoms with van der Waals surface area (Å²) < 4.78 is 19.6. The van der Waals surface area contributed by atoms with E-state index in [-0.39, 0.29) is 5.82 Å². The lowest BCUT2D eigenvalue weighted by molar-refractivity contribution is 0.112. The molecule has 1 aromatic carbocycles. The highest BCUT2D eigenvalue weighted by Crippen LogP contribution is 2.23. The quantitative estimate of drug-likeness (QED) is 0.676. The van der Waals surface area contributed by atoms with Crippen molar-refractivity contribution in [1.29, 1.82) is 0 Å². The monoisotopic (exact) mass is 256 g/mol. The third-order valence-electron chi connectivity index (χ3n) is 2.74. The van der Waals surface area contributed by atoms with Crippen molar-refractivity contribution in [2.24, 2.45) is 0 Å². The molecule has 0 amide bonds. The van der Waals surface area contributed by atoms with Crippen molar-refractivity contribution in [3.05, 3.63) is 60.4 Å². The molecule has 0 saturated heterocycles. The number of furan rings is 1. The van der Waals surface area contributed by atoms with Gasteiger partial charge in [0.05, 0.1) is 23.8 Å². The summed E-state index contributed by atoms with van der Waals surface area (Å²) in [5, 5.41) is 4.29. The molecule has 3 rings (SSSR count). The van der Waals surface area contributed by atoms with Crippen LogP contribution in [0.4, 0.5) is 4.39 Å². The van der Waals surface area contributed by atoms with Gasteiger partial charge in [-0.15, -0.1) is 0 Å². The van der Waals surface area contributed by atoms with Gasteiger partial charge in [0.25, 0.3) is 0 Å². The predicted molar refractivity (Wildman–Crippen MR) is 66.6 cm³/mol. The van der Waals surface area contributed by atoms with Gasteiger partial charge in [0.2, 0.25) is 0 Å². The topological polar surface area (TPSA) is 48.0 Å². The molecule has 4 nitrogen and oxygen atoms in total. The largest absolute Gasteiger partial charge is 0.472 e. The first-order valence-corrected chi connectivity index (χ1v) is 5.61. The predicted octanol–water partition coefficient (Wildman–Crippen LogP) is 3.08. The Morgan fingerprint density at radius 1 is 1.32 bits per heavy atom. The minimum atomic E-state index is -0.356. The van der Waals surface area contributed by atoms with Gasteiger partial charge in [0.1, 0.15) is 11.5 Å². The first kappa shape index (κ1) is 11.4. The van der Waals surface area contributed by atoms with Gasteiger partial charge in [-0.05, 0) is 24.3 Å². The molecule has 94 valence electrons. The summed E-state index contributed by atoms with van der Waals surface area (Å²) in [4.78, 5) is 11.1. The van der Waals surface area contributed by atoms with Crippen LogP contribution in [-0.4, -0.2) is 16.1 Å². The Bertz CT molecular complexity index is 717. The maximum Gasteiger partial charge on any atom is 0.153 e. The normalized spacial score (nSPS) is 10.6. The van der Waals surface area contributed by atoms with E-state index in [0.29, 0.717) is 28.8 Å². The molecule has 3 aromatic rings. The summed E-state index contributed by atoms with van der Waals surface area (Å²) in [7, 11) is 0. The zero-order chi connectivity index (χ0) is 13.2. The number of carbonyl (C=O) groups is 1. The van der Waals surface area contributed by atoms with Crippen LogP contribution in [0, 0.1) is 5.82 Å². The number of aromatic nitrogens is 2. The summed E-state index contributed by atoms with van der Waals surface area (Å²) in [6, 6.07) is 7.71. The number of nitrogens with zero attached hydrogens (tertiary/aromatic N) is 2. The van der Waals surface area contributed by atoms with Crippen LogP contribution in [0.2, 0.25) is 0 Å². The van der Waals surface area contributed by atoms with Crippen molar-refractivity contribution < 1.29 is 13.6 Å². The van der Waals surface area contributed by atoms with Gasteiger partial charge < -0.3 is 4.42 Å². The SMILES string of the molecule is O=Cc1cn(-c2cccc(F)c2)nc1-c1ccoc1. The van der Waals surface area contributed by atoms with Gasteiger partial charge in [-0.3, -0.25) is 4.79 Å². The molecule has 5 heteroatoms. The van der Waals surface area contributed by atoms with Gasteiger partial charge in [0, 0.05) is 11.8 Å². The van der Waals surface area contributed by atoms with Crippen molar-refractivity contribution in [1.82, 2.24) is 9.78 Å². The Hall–Kier alpha value is -2.69. The maximum absolute atomic E-state index is 13.2. The lowest BCUT2D eigenvalue weighted by atomic mass is 10.2. The van der Waals surface area contributed by atoms with Gasteiger partial charge in [0.15, 0.2) is 6.29 Å². The first-order chi connectivity index (χ1) is 9.28. The number of aldehydes is 1. The van der Waals surface area contributed by atoms with Gasteiger partial charge in [-0.25, -0.2) is 9.07 Å². The van der Waals surface area contributed by atoms with E-state index in [2.05, 4.69) is 5.10 Å². The van der Waals surface area contributed by atoms with Crippen LogP contribution in [-0.2, 0) is 0 Å². The summed E-state index contributed by atoms with van der Waals surface area (Å²) >= 11 is 0. The van der Waals surface area contributed by atoms with Crippen LogP contribution < -0.4 is 0 Å². The average molecular weight is 256 g/mol. The lowest BCUT2D eigenvalue weighted by Crippen LogP contribution is -1.95. The van der Waals surface area contributed by atoms with Crippen LogP contribution in [0.5, 0.6) is 0 Å². The molecule has 2 heterocycles. The molecule has 0 spiro atoms. The van der Waals surface area contributed by atoms with Crippen LogP contribution in [0.15, 0.2) is 53.5 Å². The van der Waals surface area contributed by atoms with E-state index < -0.39 is 0 Å². The van der Waals surface area contributed by atoms with Crippen LogP contribution in [0.1, 0.15) is 10.4 Å². The van der Waals surface area contributed by atoms with E-state index in [1.54, 1.807) is 24.4 Å². The number of hydrogen-bond donors (Lipinski definition) is 0. The molecule has 0 radical (unpaired) electrons. The Labute approximate surface area is 108 Å². The number of hydrogen-bond acceptors (Lipinski definition) is 3. The van der Waals surface area contributed by atoms with E-state index in [9.17, 15) is 9.18 Å². The van der Waals surface area contributed by atoms with Gasteiger partial charge >= 0.3 is 0 Å². The molecular weight excluding hydrogens is 247 g/mol. The zero-order valence-electron chi connectivity index (χ0n) is 9.79. The fraction of sp³-hybridized carbons (Fsp3) is 0. The number of carbonyl (C=O) groups excluding carboxylic acids is 1. The zero-order valence-corrected chi connectivity index (χ0v) is 9.79. The molecular formula is C14H9FN2O2. The van der Waals surface area contributed by atoms with E-state index >= 15 is 0 Å². The smallest absolute Gasteiger partial charge is 0.153 e. The minimum absolute atomic E-state index is 0.356. The van der Waals surface area contributed by atoms with E-state index in [1.165, 1.54) is 29.3 Å². The fourth-order valence-corrected chi connectivity index (χ4v) is 1.85. The van der Waals surface area contributed by atoms with Gasteiger partial charge in [-0.2, -0.15) is 5.10 Å². The van der Waals surface area contributed by atoms with Crippen molar-refractivity contribution in [3.63, 3.8) is 0 Å². The molecule has 0 aliphatic heterocycles. The number of rotatable bonds is 3. The third kappa shape index (κ3) is 2.06. The molecule has 0 aliphatic rings. The second kappa shape index (κ2) is 4.53. The van der Waals surface area contributed by atoms with Crippen molar-refractivity contribution >= 4 is 6.29 Å². The van der Waals surface area contributed by atoms with E-state index in [1.807, 2.05) is 0 Å². The standard InChI is InChI=1S/C14H9FN2O2/c15-12-2-1-3-13(6-12)17-7-11(8-18)14(16-17)10-4-5-19-9-10/h1-9H. The van der Waals surface area contributed by atoms with Crippen LogP contribution >= 0.6 is 0 Å². The highest BCUT2D eigenvalue weighted by atomic mass is 19.1. The average Bonchev–Trinajstić information content (AvgIpc) is 3.07. The number of halogens is 1. The molecule has 0 atom stereocenters. The Morgan fingerprint density at radius 3 is 2.89 bits per heavy atom. The molecule has 0 saturated carbocycles.